The van der Waals surface area contributed by atoms with Crippen molar-refractivity contribution in [1.29, 1.82) is 0 Å². The first-order chi connectivity index (χ1) is 4.27. The molecule has 0 saturated carbocycles. The Kier molecular flexibility index (Phi) is 1.10. The maximum atomic E-state index is 3.63. The minimum Gasteiger partial charge on any atom is -0.311 e. The minimum absolute atomic E-state index is 0.866. The Labute approximate surface area is 56.8 Å². The molecule has 0 aromatic rings. The van der Waals surface area contributed by atoms with Gasteiger partial charge in [0.2, 0.25) is 0 Å². The van der Waals surface area contributed by atoms with Crippen LogP contribution in [0.2, 0.25) is 0 Å². The van der Waals surface area contributed by atoms with Gasteiger partial charge in [0.15, 0.2) is 0 Å². The number of hydrogen-bond donors (Lipinski definition) is 1. The lowest BCUT2D eigenvalue weighted by Crippen LogP contribution is -2.21. The molecular formula is C8H15N. The monoisotopic (exact) mass is 125 g/mol. The molecule has 2 fully saturated rings. The van der Waals surface area contributed by atoms with Crippen molar-refractivity contribution in [3.8, 4) is 0 Å². The second-order valence-electron chi connectivity index (χ2n) is 3.81. The van der Waals surface area contributed by atoms with Gasteiger partial charge in [-0.3, -0.25) is 0 Å². The van der Waals surface area contributed by atoms with Crippen LogP contribution in [-0.2, 0) is 0 Å². The van der Waals surface area contributed by atoms with Crippen molar-refractivity contribution in [2.24, 2.45) is 11.8 Å². The van der Waals surface area contributed by atoms with Crippen molar-refractivity contribution >= 4 is 0 Å². The SMILES string of the molecule is C[C@H]1C[C@H]2N[C@H]1C[C@@H]2C. The Balaban J connectivity index is 2.10. The average Bonchev–Trinajstić information content (AvgIpc) is 2.24. The lowest BCUT2D eigenvalue weighted by atomic mass is 9.84. The van der Waals surface area contributed by atoms with E-state index >= 15 is 0 Å². The summed E-state index contributed by atoms with van der Waals surface area (Å²) >= 11 is 0. The summed E-state index contributed by atoms with van der Waals surface area (Å²) in [5, 5.41) is 3.63. The molecule has 0 radical (unpaired) electrons. The molecule has 1 nitrogen and oxygen atoms in total. The molecule has 2 bridgehead atoms. The van der Waals surface area contributed by atoms with E-state index in [0.29, 0.717) is 0 Å². The van der Waals surface area contributed by atoms with E-state index in [2.05, 4.69) is 19.2 Å². The number of hydrogen-bond acceptors (Lipinski definition) is 1. The zero-order valence-corrected chi connectivity index (χ0v) is 6.22. The summed E-state index contributed by atoms with van der Waals surface area (Å²) < 4.78 is 0. The highest BCUT2D eigenvalue weighted by atomic mass is 15.0. The maximum absolute atomic E-state index is 3.63. The molecule has 1 heteroatoms. The standard InChI is InChI=1S/C8H15N/c1-5-3-8-6(2)4-7(5)9-8/h5-9H,3-4H2,1-2H3/t5-,6-,7-,8+/m0/s1. The van der Waals surface area contributed by atoms with Gasteiger partial charge in [-0.25, -0.2) is 0 Å². The van der Waals surface area contributed by atoms with Crippen LogP contribution in [0, 0.1) is 11.8 Å². The van der Waals surface area contributed by atoms with Gasteiger partial charge >= 0.3 is 0 Å². The Hall–Kier alpha value is -0.0400. The van der Waals surface area contributed by atoms with Crippen molar-refractivity contribution in [2.45, 2.75) is 38.8 Å². The third-order valence-corrected chi connectivity index (χ3v) is 3.05. The molecule has 2 rings (SSSR count). The van der Waals surface area contributed by atoms with E-state index in [9.17, 15) is 0 Å². The third-order valence-electron chi connectivity index (χ3n) is 3.05. The molecular weight excluding hydrogens is 110 g/mol. The first kappa shape index (κ1) is 5.72. The van der Waals surface area contributed by atoms with E-state index in [-0.39, 0.29) is 0 Å². The summed E-state index contributed by atoms with van der Waals surface area (Å²) in [6.45, 7) is 4.73. The van der Waals surface area contributed by atoms with E-state index in [1.807, 2.05) is 0 Å². The molecule has 2 heterocycles. The van der Waals surface area contributed by atoms with Gasteiger partial charge in [0, 0.05) is 12.1 Å². The van der Waals surface area contributed by atoms with E-state index in [1.54, 1.807) is 0 Å². The zero-order chi connectivity index (χ0) is 6.43. The van der Waals surface area contributed by atoms with Crippen LogP contribution in [0.15, 0.2) is 0 Å². The van der Waals surface area contributed by atoms with Gasteiger partial charge in [0.1, 0.15) is 0 Å². The molecule has 2 aliphatic rings. The molecule has 2 saturated heterocycles. The van der Waals surface area contributed by atoms with Crippen LogP contribution in [0.5, 0.6) is 0 Å². The summed E-state index contributed by atoms with van der Waals surface area (Å²) in [5.41, 5.74) is 0. The normalized spacial score (nSPS) is 56.7. The molecule has 52 valence electrons. The van der Waals surface area contributed by atoms with Crippen molar-refractivity contribution in [1.82, 2.24) is 5.32 Å². The second kappa shape index (κ2) is 1.72. The van der Waals surface area contributed by atoms with E-state index in [1.165, 1.54) is 12.8 Å². The highest BCUT2D eigenvalue weighted by Crippen LogP contribution is 2.36. The van der Waals surface area contributed by atoms with Crippen LogP contribution in [0.3, 0.4) is 0 Å². The fourth-order valence-corrected chi connectivity index (χ4v) is 2.33. The molecule has 0 aliphatic carbocycles. The van der Waals surface area contributed by atoms with Crippen LogP contribution < -0.4 is 5.32 Å². The molecule has 4 atom stereocenters. The Bertz CT molecular complexity index is 104. The molecule has 0 unspecified atom stereocenters. The number of fused-ring (bicyclic) bond motifs is 2. The quantitative estimate of drug-likeness (QED) is 0.516. The van der Waals surface area contributed by atoms with E-state index in [0.717, 1.165) is 23.9 Å². The molecule has 0 aromatic heterocycles. The van der Waals surface area contributed by atoms with Gasteiger partial charge in [-0.2, -0.15) is 0 Å². The van der Waals surface area contributed by atoms with Gasteiger partial charge in [0.05, 0.1) is 0 Å². The van der Waals surface area contributed by atoms with Crippen LogP contribution in [0.25, 0.3) is 0 Å². The largest absolute Gasteiger partial charge is 0.311 e. The Morgan fingerprint density at radius 3 is 1.67 bits per heavy atom. The minimum atomic E-state index is 0.866. The van der Waals surface area contributed by atoms with Gasteiger partial charge < -0.3 is 5.32 Å². The molecule has 0 aromatic carbocycles. The predicted octanol–water partition coefficient (Wildman–Crippen LogP) is 1.39. The molecule has 9 heavy (non-hydrogen) atoms. The maximum Gasteiger partial charge on any atom is 0.00990 e. The molecule has 2 aliphatic heterocycles. The summed E-state index contributed by atoms with van der Waals surface area (Å²) in [4.78, 5) is 0. The van der Waals surface area contributed by atoms with Gasteiger partial charge in [-0.15, -0.1) is 0 Å². The highest BCUT2D eigenvalue weighted by molar-refractivity contribution is 4.98. The van der Waals surface area contributed by atoms with Crippen LogP contribution in [0.4, 0.5) is 0 Å². The first-order valence-electron chi connectivity index (χ1n) is 4.03. The topological polar surface area (TPSA) is 12.0 Å². The Morgan fingerprint density at radius 2 is 1.44 bits per heavy atom. The summed E-state index contributed by atoms with van der Waals surface area (Å²) in [7, 11) is 0. The summed E-state index contributed by atoms with van der Waals surface area (Å²) in [6.07, 6.45) is 2.84. The fourth-order valence-electron chi connectivity index (χ4n) is 2.33. The first-order valence-corrected chi connectivity index (χ1v) is 4.03. The van der Waals surface area contributed by atoms with Crippen molar-refractivity contribution in [3.63, 3.8) is 0 Å². The van der Waals surface area contributed by atoms with Crippen LogP contribution in [-0.4, -0.2) is 12.1 Å². The summed E-state index contributed by atoms with van der Waals surface area (Å²) in [5.74, 6) is 1.90. The lowest BCUT2D eigenvalue weighted by Gasteiger charge is -2.19. The van der Waals surface area contributed by atoms with Crippen molar-refractivity contribution in [3.05, 3.63) is 0 Å². The molecule has 0 amide bonds. The van der Waals surface area contributed by atoms with E-state index < -0.39 is 0 Å². The lowest BCUT2D eigenvalue weighted by molar-refractivity contribution is 0.365. The molecule has 1 N–H and O–H groups in total. The van der Waals surface area contributed by atoms with Crippen molar-refractivity contribution in [2.75, 3.05) is 0 Å². The fraction of sp³-hybridized carbons (Fsp3) is 1.00. The number of rotatable bonds is 0. The zero-order valence-electron chi connectivity index (χ0n) is 6.22. The van der Waals surface area contributed by atoms with E-state index in [4.69, 9.17) is 0 Å². The smallest absolute Gasteiger partial charge is 0.00990 e. The van der Waals surface area contributed by atoms with Crippen LogP contribution >= 0.6 is 0 Å². The van der Waals surface area contributed by atoms with Gasteiger partial charge in [-0.05, 0) is 24.7 Å². The molecule has 0 spiro atoms. The number of nitrogens with one attached hydrogen (secondary N) is 1. The van der Waals surface area contributed by atoms with Gasteiger partial charge in [-0.1, -0.05) is 13.8 Å². The summed E-state index contributed by atoms with van der Waals surface area (Å²) in [6, 6.07) is 1.73. The average molecular weight is 125 g/mol. The second-order valence-corrected chi connectivity index (χ2v) is 3.81. The predicted molar refractivity (Wildman–Crippen MR) is 38.3 cm³/mol. The highest BCUT2D eigenvalue weighted by Gasteiger charge is 2.40. The Morgan fingerprint density at radius 1 is 1.00 bits per heavy atom. The van der Waals surface area contributed by atoms with Crippen molar-refractivity contribution < 1.29 is 0 Å². The van der Waals surface area contributed by atoms with Crippen LogP contribution in [0.1, 0.15) is 26.7 Å². The third kappa shape index (κ3) is 0.710. The van der Waals surface area contributed by atoms with Gasteiger partial charge in [0.25, 0.3) is 0 Å².